The summed E-state index contributed by atoms with van der Waals surface area (Å²) in [4.78, 5) is 26.7. The van der Waals surface area contributed by atoms with E-state index in [1.54, 1.807) is 12.1 Å². The van der Waals surface area contributed by atoms with Crippen LogP contribution in [0.5, 0.6) is 0 Å². The highest BCUT2D eigenvalue weighted by atomic mass is 32.1. The monoisotopic (exact) mass is 387 g/mol. The van der Waals surface area contributed by atoms with Gasteiger partial charge in [-0.1, -0.05) is 48.8 Å². The lowest BCUT2D eigenvalue weighted by atomic mass is 9.94. The molecule has 1 aromatic carbocycles. The first kappa shape index (κ1) is 19.4. The summed E-state index contributed by atoms with van der Waals surface area (Å²) in [6.45, 7) is 1.35. The summed E-state index contributed by atoms with van der Waals surface area (Å²) in [6.07, 6.45) is 6.39. The molecule has 2 amide bonds. The van der Waals surface area contributed by atoms with Crippen LogP contribution in [0.15, 0.2) is 30.3 Å². The van der Waals surface area contributed by atoms with Crippen LogP contribution in [0.3, 0.4) is 0 Å². The van der Waals surface area contributed by atoms with Crippen molar-refractivity contribution in [1.82, 2.24) is 20.4 Å². The molecule has 1 heterocycles. The molecule has 0 unspecified atom stereocenters. The molecule has 1 aliphatic carbocycles. The van der Waals surface area contributed by atoms with E-state index in [0.29, 0.717) is 18.3 Å². The Morgan fingerprint density at radius 3 is 2.44 bits per heavy atom. The summed E-state index contributed by atoms with van der Waals surface area (Å²) in [6, 6.07) is 9.72. The van der Waals surface area contributed by atoms with Gasteiger partial charge in [-0.2, -0.15) is 0 Å². The number of carbonyl (C=O) groups excluding carboxylic acids is 2. The third kappa shape index (κ3) is 5.58. The van der Waals surface area contributed by atoms with Crippen molar-refractivity contribution in [2.24, 2.45) is 0 Å². The standard InChI is InChI=1S/C19H25N5O2S/c1-24(15-10-6-3-7-11-15)13-12-20-16(25)18-22-23-19(27-18)17(26)21-14-8-4-2-5-9-14/h2,4-5,8-9,15H,3,6-7,10-13H2,1H3,(H,20,25)(H,21,26). The second kappa shape index (κ2) is 9.57. The van der Waals surface area contributed by atoms with Gasteiger partial charge in [0, 0.05) is 24.8 Å². The number of hydrogen-bond donors (Lipinski definition) is 2. The van der Waals surface area contributed by atoms with E-state index in [4.69, 9.17) is 0 Å². The Morgan fingerprint density at radius 1 is 1.07 bits per heavy atom. The van der Waals surface area contributed by atoms with Crippen molar-refractivity contribution in [3.63, 3.8) is 0 Å². The maximum Gasteiger partial charge on any atom is 0.286 e. The molecule has 0 radical (unpaired) electrons. The van der Waals surface area contributed by atoms with E-state index >= 15 is 0 Å². The van der Waals surface area contributed by atoms with Gasteiger partial charge >= 0.3 is 0 Å². The summed E-state index contributed by atoms with van der Waals surface area (Å²) < 4.78 is 0. The van der Waals surface area contributed by atoms with Crippen LogP contribution in [0.4, 0.5) is 5.69 Å². The number of nitrogens with one attached hydrogen (secondary N) is 2. The van der Waals surface area contributed by atoms with Crippen LogP contribution >= 0.6 is 11.3 Å². The Bertz CT molecular complexity index is 758. The highest BCUT2D eigenvalue weighted by molar-refractivity contribution is 7.15. The van der Waals surface area contributed by atoms with Crippen LogP contribution in [0.1, 0.15) is 51.7 Å². The number of benzene rings is 1. The summed E-state index contributed by atoms with van der Waals surface area (Å²) in [5.74, 6) is -0.655. The van der Waals surface area contributed by atoms with Gasteiger partial charge in [0.1, 0.15) is 0 Å². The van der Waals surface area contributed by atoms with Crippen LogP contribution in [-0.4, -0.2) is 53.1 Å². The molecule has 1 aliphatic rings. The highest BCUT2D eigenvalue weighted by Gasteiger charge is 2.19. The van der Waals surface area contributed by atoms with Crippen molar-refractivity contribution in [2.45, 2.75) is 38.1 Å². The minimum Gasteiger partial charge on any atom is -0.349 e. The molecular formula is C19H25N5O2S. The van der Waals surface area contributed by atoms with E-state index in [9.17, 15) is 9.59 Å². The smallest absolute Gasteiger partial charge is 0.286 e. The van der Waals surface area contributed by atoms with Crippen molar-refractivity contribution >= 4 is 28.8 Å². The first-order valence-electron chi connectivity index (χ1n) is 9.32. The van der Waals surface area contributed by atoms with Crippen molar-refractivity contribution in [1.29, 1.82) is 0 Å². The Kier molecular flexibility index (Phi) is 6.89. The summed E-state index contributed by atoms with van der Waals surface area (Å²) in [7, 11) is 2.11. The Balaban J connectivity index is 1.46. The molecule has 27 heavy (non-hydrogen) atoms. The molecule has 144 valence electrons. The number of para-hydroxylation sites is 1. The third-order valence-corrected chi connectivity index (χ3v) is 5.71. The molecule has 0 aliphatic heterocycles. The van der Waals surface area contributed by atoms with E-state index < -0.39 is 0 Å². The highest BCUT2D eigenvalue weighted by Crippen LogP contribution is 2.21. The van der Waals surface area contributed by atoms with Crippen LogP contribution in [0, 0.1) is 0 Å². The van der Waals surface area contributed by atoms with Crippen LogP contribution in [0.25, 0.3) is 0 Å². The van der Waals surface area contributed by atoms with Crippen molar-refractivity contribution in [3.05, 3.63) is 40.3 Å². The molecule has 1 aromatic heterocycles. The lowest BCUT2D eigenvalue weighted by Gasteiger charge is -2.31. The Labute approximate surface area is 163 Å². The summed E-state index contributed by atoms with van der Waals surface area (Å²) in [5, 5.41) is 13.7. The summed E-state index contributed by atoms with van der Waals surface area (Å²) in [5.41, 5.74) is 0.675. The number of anilines is 1. The average Bonchev–Trinajstić information content (AvgIpc) is 3.20. The van der Waals surface area contributed by atoms with Gasteiger partial charge in [-0.15, -0.1) is 10.2 Å². The van der Waals surface area contributed by atoms with Crippen molar-refractivity contribution in [2.75, 3.05) is 25.5 Å². The van der Waals surface area contributed by atoms with Gasteiger partial charge in [0.25, 0.3) is 11.8 Å². The third-order valence-electron chi connectivity index (χ3n) is 4.79. The normalized spacial score (nSPS) is 14.9. The van der Waals surface area contributed by atoms with Gasteiger partial charge in [-0.05, 0) is 32.0 Å². The molecule has 0 atom stereocenters. The molecule has 2 aromatic rings. The number of nitrogens with zero attached hydrogens (tertiary/aromatic N) is 3. The van der Waals surface area contributed by atoms with Gasteiger partial charge in [-0.3, -0.25) is 9.59 Å². The molecular weight excluding hydrogens is 362 g/mol. The van der Waals surface area contributed by atoms with E-state index in [1.165, 1.54) is 32.1 Å². The minimum absolute atomic E-state index is 0.170. The topological polar surface area (TPSA) is 87.2 Å². The van der Waals surface area contributed by atoms with Crippen molar-refractivity contribution < 1.29 is 9.59 Å². The lowest BCUT2D eigenvalue weighted by Crippen LogP contribution is -2.39. The molecule has 7 nitrogen and oxygen atoms in total. The number of likely N-dealkylation sites (N-methyl/N-ethyl adjacent to an activating group) is 1. The zero-order valence-corrected chi connectivity index (χ0v) is 16.3. The second-order valence-electron chi connectivity index (χ2n) is 6.76. The zero-order chi connectivity index (χ0) is 19.1. The SMILES string of the molecule is CN(CCNC(=O)c1nnc(C(=O)Nc2ccccc2)s1)C1CCCCC1. The molecule has 0 bridgehead atoms. The maximum atomic E-state index is 12.2. The van der Waals surface area contributed by atoms with Gasteiger partial charge < -0.3 is 15.5 Å². The van der Waals surface area contributed by atoms with E-state index in [-0.39, 0.29) is 21.8 Å². The van der Waals surface area contributed by atoms with Crippen molar-refractivity contribution in [3.8, 4) is 0 Å². The van der Waals surface area contributed by atoms with Crippen LogP contribution in [-0.2, 0) is 0 Å². The first-order chi connectivity index (χ1) is 13.1. The molecule has 1 saturated carbocycles. The maximum absolute atomic E-state index is 12.2. The zero-order valence-electron chi connectivity index (χ0n) is 15.5. The van der Waals surface area contributed by atoms with Gasteiger partial charge in [0.05, 0.1) is 0 Å². The van der Waals surface area contributed by atoms with Crippen LogP contribution < -0.4 is 10.6 Å². The number of amides is 2. The second-order valence-corrected chi connectivity index (χ2v) is 7.74. The number of aromatic nitrogens is 2. The Morgan fingerprint density at radius 2 is 1.74 bits per heavy atom. The minimum atomic E-state index is -0.366. The molecule has 0 saturated heterocycles. The van der Waals surface area contributed by atoms with Gasteiger partial charge in [-0.25, -0.2) is 0 Å². The largest absolute Gasteiger partial charge is 0.349 e. The molecule has 8 heteroatoms. The quantitative estimate of drug-likeness (QED) is 0.763. The predicted octanol–water partition coefficient (Wildman–Crippen LogP) is 2.78. The summed E-state index contributed by atoms with van der Waals surface area (Å²) >= 11 is 0.995. The number of hydrogen-bond acceptors (Lipinski definition) is 6. The van der Waals surface area contributed by atoms with Gasteiger partial charge in [0.15, 0.2) is 0 Å². The lowest BCUT2D eigenvalue weighted by molar-refractivity contribution is 0.0942. The molecule has 2 N–H and O–H groups in total. The molecule has 0 spiro atoms. The first-order valence-corrected chi connectivity index (χ1v) is 10.1. The van der Waals surface area contributed by atoms with Gasteiger partial charge in [0.2, 0.25) is 10.0 Å². The Hall–Kier alpha value is -2.32. The fourth-order valence-electron chi connectivity index (χ4n) is 3.24. The molecule has 3 rings (SSSR count). The number of carbonyl (C=O) groups is 2. The fourth-order valence-corrected chi connectivity index (χ4v) is 3.89. The average molecular weight is 388 g/mol. The van der Waals surface area contributed by atoms with Crippen LogP contribution in [0.2, 0.25) is 0 Å². The number of rotatable bonds is 7. The molecule has 1 fully saturated rings. The fraction of sp³-hybridized carbons (Fsp3) is 0.474. The predicted molar refractivity (Wildman–Crippen MR) is 106 cm³/mol. The van der Waals surface area contributed by atoms with E-state index in [0.717, 1.165) is 17.9 Å². The van der Waals surface area contributed by atoms with E-state index in [2.05, 4.69) is 32.8 Å². The van der Waals surface area contributed by atoms with E-state index in [1.807, 2.05) is 18.2 Å².